The molecule has 0 aliphatic rings. The molecule has 0 saturated heterocycles. The van der Waals surface area contributed by atoms with Gasteiger partial charge in [0.15, 0.2) is 12.6 Å². The van der Waals surface area contributed by atoms with Gasteiger partial charge in [-0.05, 0) is 61.1 Å². The van der Waals surface area contributed by atoms with Gasteiger partial charge in [-0.15, -0.1) is 0 Å². The van der Waals surface area contributed by atoms with Crippen LogP contribution in [-0.2, 0) is 12.8 Å². The minimum absolute atomic E-state index is 0.0771. The van der Waals surface area contributed by atoms with E-state index in [9.17, 15) is 19.8 Å². The van der Waals surface area contributed by atoms with Crippen LogP contribution in [0.25, 0.3) is 0 Å². The second-order valence-electron chi connectivity index (χ2n) is 10.8. The molecule has 2 aromatic rings. The Bertz CT molecular complexity index is 906. The van der Waals surface area contributed by atoms with Crippen LogP contribution >= 0.6 is 0 Å². The van der Waals surface area contributed by atoms with Crippen LogP contribution in [0.5, 0.6) is 11.5 Å². The van der Waals surface area contributed by atoms with Crippen LogP contribution in [0.3, 0.4) is 0 Å². The van der Waals surface area contributed by atoms with Crippen molar-refractivity contribution in [2.45, 2.75) is 136 Å². The number of phenols is 2. The van der Waals surface area contributed by atoms with Gasteiger partial charge in [0.2, 0.25) is 0 Å². The van der Waals surface area contributed by atoms with Gasteiger partial charge >= 0.3 is 0 Å². The summed E-state index contributed by atoms with van der Waals surface area (Å²) in [6.45, 7) is 4.49. The molecule has 0 radical (unpaired) electrons. The summed E-state index contributed by atoms with van der Waals surface area (Å²) in [4.78, 5) is 21.5. The van der Waals surface area contributed by atoms with Gasteiger partial charge in [0.05, 0.1) is 11.1 Å². The van der Waals surface area contributed by atoms with Crippen molar-refractivity contribution in [1.29, 1.82) is 0 Å². The van der Waals surface area contributed by atoms with Crippen molar-refractivity contribution in [3.63, 3.8) is 0 Å². The number of rotatable bonds is 21. The molecule has 0 aliphatic heterocycles. The molecule has 0 amide bonds. The quantitative estimate of drug-likeness (QED) is 0.122. The maximum atomic E-state index is 10.8. The molecule has 4 heteroatoms. The zero-order valence-corrected chi connectivity index (χ0v) is 24.8. The number of aromatic hydroxyl groups is 2. The van der Waals surface area contributed by atoms with E-state index in [1.54, 1.807) is 24.3 Å². The maximum Gasteiger partial charge on any atom is 0.153 e. The summed E-state index contributed by atoms with van der Waals surface area (Å²) in [6, 6.07) is 10.6. The highest BCUT2D eigenvalue weighted by Gasteiger charge is 2.03. The van der Waals surface area contributed by atoms with Crippen LogP contribution < -0.4 is 0 Å². The topological polar surface area (TPSA) is 74.6 Å². The van der Waals surface area contributed by atoms with E-state index in [1.165, 1.54) is 103 Å². The third-order valence-corrected chi connectivity index (χ3v) is 7.33. The van der Waals surface area contributed by atoms with Gasteiger partial charge in [0.1, 0.15) is 11.5 Å². The van der Waals surface area contributed by atoms with Crippen LogP contribution in [-0.4, -0.2) is 22.8 Å². The fourth-order valence-electron chi connectivity index (χ4n) is 4.81. The molecule has 0 spiro atoms. The lowest BCUT2D eigenvalue weighted by Gasteiger charge is -2.04. The highest BCUT2D eigenvalue weighted by atomic mass is 16.3. The first kappa shape index (κ1) is 34.4. The average molecular weight is 539 g/mol. The molecule has 0 aromatic heterocycles. The first-order valence-corrected chi connectivity index (χ1v) is 15.6. The van der Waals surface area contributed by atoms with Crippen LogP contribution in [0.15, 0.2) is 36.4 Å². The first-order chi connectivity index (χ1) is 19.0. The number of hydrogen-bond acceptors (Lipinski definition) is 4. The maximum absolute atomic E-state index is 10.8. The smallest absolute Gasteiger partial charge is 0.153 e. The molecule has 0 unspecified atom stereocenters. The highest BCUT2D eigenvalue weighted by Crippen LogP contribution is 2.20. The number of carbonyl (C=O) groups is 2. The molecule has 0 saturated carbocycles. The molecule has 2 aromatic carbocycles. The SMILES string of the molecule is CCCCCCCCCCCCc1ccc(O)c(C=O)c1.CCCCCCCCCc1ccc(O)c(C=O)c1. The predicted octanol–water partition coefficient (Wildman–Crippen LogP) is 10.2. The molecule has 218 valence electrons. The number of aldehydes is 2. The van der Waals surface area contributed by atoms with Gasteiger partial charge in [-0.2, -0.15) is 0 Å². The Morgan fingerprint density at radius 1 is 0.487 bits per heavy atom. The number of phenolic OH excluding ortho intramolecular Hbond substituents is 2. The van der Waals surface area contributed by atoms with E-state index >= 15 is 0 Å². The zero-order valence-electron chi connectivity index (χ0n) is 24.8. The van der Waals surface area contributed by atoms with Crippen LogP contribution in [0.1, 0.15) is 155 Å². The number of hydrogen-bond donors (Lipinski definition) is 2. The van der Waals surface area contributed by atoms with Crippen molar-refractivity contribution in [2.24, 2.45) is 0 Å². The molecular formula is C35H54O4. The largest absolute Gasteiger partial charge is 0.507 e. The van der Waals surface area contributed by atoms with Crippen molar-refractivity contribution < 1.29 is 19.8 Å². The van der Waals surface area contributed by atoms with Crippen LogP contribution in [0.4, 0.5) is 0 Å². The summed E-state index contributed by atoms with van der Waals surface area (Å²) in [6.07, 6.45) is 25.8. The van der Waals surface area contributed by atoms with E-state index in [0.29, 0.717) is 17.4 Å². The Morgan fingerprint density at radius 3 is 1.10 bits per heavy atom. The van der Waals surface area contributed by atoms with E-state index in [1.807, 2.05) is 12.1 Å². The van der Waals surface area contributed by atoms with Crippen molar-refractivity contribution in [2.75, 3.05) is 0 Å². The minimum Gasteiger partial charge on any atom is -0.507 e. The average Bonchev–Trinajstić information content (AvgIpc) is 2.95. The number of aryl methyl sites for hydroxylation is 2. The van der Waals surface area contributed by atoms with Gasteiger partial charge < -0.3 is 10.2 Å². The van der Waals surface area contributed by atoms with Gasteiger partial charge in [0, 0.05) is 0 Å². The fourth-order valence-corrected chi connectivity index (χ4v) is 4.81. The van der Waals surface area contributed by atoms with E-state index in [4.69, 9.17) is 0 Å². The normalized spacial score (nSPS) is 10.6. The Kier molecular flexibility index (Phi) is 20.5. The molecule has 0 heterocycles. The predicted molar refractivity (Wildman–Crippen MR) is 164 cm³/mol. The molecule has 0 atom stereocenters. The molecule has 2 N–H and O–H groups in total. The molecule has 0 bridgehead atoms. The Balaban J connectivity index is 0.000000395. The second kappa shape index (κ2) is 23.3. The summed E-state index contributed by atoms with van der Waals surface area (Å²) >= 11 is 0. The third-order valence-electron chi connectivity index (χ3n) is 7.33. The molecule has 39 heavy (non-hydrogen) atoms. The molecular weight excluding hydrogens is 484 g/mol. The summed E-state index contributed by atoms with van der Waals surface area (Å²) < 4.78 is 0. The summed E-state index contributed by atoms with van der Waals surface area (Å²) in [7, 11) is 0. The standard InChI is InChI=1S/C19H30O2.C16H24O2/c1-2-3-4-5-6-7-8-9-10-11-12-17-13-14-19(21)18(15-17)16-20;1-2-3-4-5-6-7-8-9-14-10-11-16(18)15(12-14)13-17/h13-16,21H,2-12H2,1H3;10-13,18H,2-9H2,1H3. The van der Waals surface area contributed by atoms with Crippen molar-refractivity contribution in [1.82, 2.24) is 0 Å². The van der Waals surface area contributed by atoms with E-state index < -0.39 is 0 Å². The minimum atomic E-state index is 0.0771. The summed E-state index contributed by atoms with van der Waals surface area (Å²) in [5.41, 5.74) is 3.09. The molecule has 0 fully saturated rings. The Morgan fingerprint density at radius 2 is 0.795 bits per heavy atom. The fraction of sp³-hybridized carbons (Fsp3) is 0.600. The Hall–Kier alpha value is -2.62. The third kappa shape index (κ3) is 16.8. The van der Waals surface area contributed by atoms with Gasteiger partial charge in [-0.25, -0.2) is 0 Å². The van der Waals surface area contributed by atoms with Crippen LogP contribution in [0.2, 0.25) is 0 Å². The van der Waals surface area contributed by atoms with Gasteiger partial charge in [0.25, 0.3) is 0 Å². The van der Waals surface area contributed by atoms with Crippen molar-refractivity contribution in [3.8, 4) is 11.5 Å². The van der Waals surface area contributed by atoms with E-state index in [0.717, 1.165) is 36.7 Å². The molecule has 2 rings (SSSR count). The second-order valence-corrected chi connectivity index (χ2v) is 10.8. The first-order valence-electron chi connectivity index (χ1n) is 15.6. The highest BCUT2D eigenvalue weighted by molar-refractivity contribution is 5.79. The van der Waals surface area contributed by atoms with E-state index in [2.05, 4.69) is 13.8 Å². The lowest BCUT2D eigenvalue weighted by molar-refractivity contribution is 0.111. The number of carbonyl (C=O) groups excluding carboxylic acids is 2. The number of unbranched alkanes of at least 4 members (excludes halogenated alkanes) is 15. The van der Waals surface area contributed by atoms with Crippen molar-refractivity contribution >= 4 is 12.6 Å². The Labute approximate surface area is 238 Å². The lowest BCUT2D eigenvalue weighted by Crippen LogP contribution is -1.89. The molecule has 4 nitrogen and oxygen atoms in total. The zero-order chi connectivity index (χ0) is 28.6. The van der Waals surface area contributed by atoms with Gasteiger partial charge in [-0.1, -0.05) is 122 Å². The lowest BCUT2D eigenvalue weighted by atomic mass is 10.0. The van der Waals surface area contributed by atoms with Crippen LogP contribution in [0, 0.1) is 0 Å². The summed E-state index contributed by atoms with van der Waals surface area (Å²) in [5.74, 6) is 0.158. The summed E-state index contributed by atoms with van der Waals surface area (Å²) in [5, 5.41) is 18.8. The van der Waals surface area contributed by atoms with E-state index in [-0.39, 0.29) is 11.5 Å². The molecule has 0 aliphatic carbocycles. The van der Waals surface area contributed by atoms with Gasteiger partial charge in [-0.3, -0.25) is 9.59 Å². The number of benzene rings is 2. The van der Waals surface area contributed by atoms with Crippen molar-refractivity contribution in [3.05, 3.63) is 58.7 Å². The monoisotopic (exact) mass is 538 g/mol.